The number of aromatic hydroxyl groups is 1. The van der Waals surface area contributed by atoms with Crippen LogP contribution >= 0.6 is 0 Å². The van der Waals surface area contributed by atoms with Gasteiger partial charge >= 0.3 is 0 Å². The highest BCUT2D eigenvalue weighted by Crippen LogP contribution is 2.21. The molecule has 0 atom stereocenters. The van der Waals surface area contributed by atoms with E-state index in [9.17, 15) is 14.7 Å². The van der Waals surface area contributed by atoms with Crippen molar-refractivity contribution in [3.63, 3.8) is 0 Å². The van der Waals surface area contributed by atoms with Gasteiger partial charge in [0, 0.05) is 19.8 Å². The minimum atomic E-state index is -0.396. The van der Waals surface area contributed by atoms with Crippen molar-refractivity contribution in [3.05, 3.63) is 53.6 Å². The minimum Gasteiger partial charge on any atom is -0.507 e. The molecule has 0 heterocycles. The molecule has 2 amide bonds. The molecule has 0 radical (unpaired) electrons. The van der Waals surface area contributed by atoms with E-state index in [2.05, 4.69) is 5.32 Å². The summed E-state index contributed by atoms with van der Waals surface area (Å²) in [5, 5.41) is 12.5. The van der Waals surface area contributed by atoms with E-state index in [1.54, 1.807) is 50.5 Å². The Kier molecular flexibility index (Phi) is 5.42. The number of nitrogens with zero attached hydrogens (tertiary/aromatic N) is 1. The van der Waals surface area contributed by atoms with E-state index < -0.39 is 5.91 Å². The first kappa shape index (κ1) is 17.3. The molecule has 0 saturated carbocycles. The van der Waals surface area contributed by atoms with Crippen LogP contribution in [-0.2, 0) is 4.79 Å². The third kappa shape index (κ3) is 4.49. The Morgan fingerprint density at radius 1 is 1.12 bits per heavy atom. The molecule has 2 aromatic rings. The van der Waals surface area contributed by atoms with Gasteiger partial charge in [-0.05, 0) is 43.3 Å². The number of hydrogen-bond donors (Lipinski definition) is 2. The van der Waals surface area contributed by atoms with Crippen molar-refractivity contribution < 1.29 is 19.4 Å². The van der Waals surface area contributed by atoms with Gasteiger partial charge in [0.2, 0.25) is 0 Å². The highest BCUT2D eigenvalue weighted by Gasteiger charge is 2.11. The summed E-state index contributed by atoms with van der Waals surface area (Å²) in [6.45, 7) is 1.80. The fraction of sp³-hybridized carbons (Fsp3) is 0.222. The van der Waals surface area contributed by atoms with Gasteiger partial charge in [0.25, 0.3) is 11.8 Å². The molecule has 24 heavy (non-hydrogen) atoms. The maximum atomic E-state index is 12.2. The van der Waals surface area contributed by atoms with E-state index in [-0.39, 0.29) is 23.8 Å². The lowest BCUT2D eigenvalue weighted by atomic mass is 10.1. The molecule has 0 aliphatic heterocycles. The van der Waals surface area contributed by atoms with Crippen molar-refractivity contribution in [1.82, 2.24) is 4.90 Å². The van der Waals surface area contributed by atoms with Crippen molar-refractivity contribution in [2.24, 2.45) is 0 Å². The number of phenols is 1. The molecule has 0 saturated heterocycles. The fourth-order valence-electron chi connectivity index (χ4n) is 1.94. The number of aryl methyl sites for hydroxylation is 1. The molecule has 0 aromatic heterocycles. The predicted molar refractivity (Wildman–Crippen MR) is 91.4 cm³/mol. The number of carbonyl (C=O) groups excluding carboxylic acids is 2. The summed E-state index contributed by atoms with van der Waals surface area (Å²) < 4.78 is 5.36. The summed E-state index contributed by atoms with van der Waals surface area (Å²) in [7, 11) is 3.32. The topological polar surface area (TPSA) is 78.9 Å². The molecule has 0 aliphatic carbocycles. The first-order chi connectivity index (χ1) is 11.4. The number of ether oxygens (including phenoxy) is 1. The van der Waals surface area contributed by atoms with Gasteiger partial charge < -0.3 is 20.1 Å². The van der Waals surface area contributed by atoms with Crippen molar-refractivity contribution in [2.45, 2.75) is 6.92 Å². The second kappa shape index (κ2) is 7.50. The third-order valence-corrected chi connectivity index (χ3v) is 3.37. The molecular weight excluding hydrogens is 308 g/mol. The SMILES string of the molecule is Cc1ccc(O)c(C(=O)Nc2ccc(OCC(=O)N(C)C)cc2)c1. The molecular formula is C18H20N2O4. The van der Waals surface area contributed by atoms with Crippen LogP contribution in [0.4, 0.5) is 5.69 Å². The molecule has 2 aromatic carbocycles. The Balaban J connectivity index is 1.99. The van der Waals surface area contributed by atoms with Crippen molar-refractivity contribution in [2.75, 3.05) is 26.0 Å². The minimum absolute atomic E-state index is 0.0458. The van der Waals surface area contributed by atoms with E-state index in [0.29, 0.717) is 11.4 Å². The fourth-order valence-corrected chi connectivity index (χ4v) is 1.94. The summed E-state index contributed by atoms with van der Waals surface area (Å²) in [5.41, 5.74) is 1.66. The van der Waals surface area contributed by atoms with Crippen LogP contribution in [0.1, 0.15) is 15.9 Å². The first-order valence-corrected chi connectivity index (χ1v) is 7.41. The van der Waals surface area contributed by atoms with Crippen molar-refractivity contribution in [3.8, 4) is 11.5 Å². The number of carbonyl (C=O) groups is 2. The largest absolute Gasteiger partial charge is 0.507 e. The van der Waals surface area contributed by atoms with Gasteiger partial charge in [-0.15, -0.1) is 0 Å². The van der Waals surface area contributed by atoms with Gasteiger partial charge in [-0.2, -0.15) is 0 Å². The monoisotopic (exact) mass is 328 g/mol. The quantitative estimate of drug-likeness (QED) is 0.883. The lowest BCUT2D eigenvalue weighted by Crippen LogP contribution is -2.27. The second-order valence-corrected chi connectivity index (χ2v) is 5.58. The molecule has 0 aliphatic rings. The van der Waals surface area contributed by atoms with Gasteiger partial charge in [-0.1, -0.05) is 11.6 Å². The number of likely N-dealkylation sites (N-methyl/N-ethyl adjacent to an activating group) is 1. The number of amides is 2. The van der Waals surface area contributed by atoms with E-state index in [0.717, 1.165) is 5.56 Å². The third-order valence-electron chi connectivity index (χ3n) is 3.37. The molecule has 0 bridgehead atoms. The maximum Gasteiger partial charge on any atom is 0.259 e. The average molecular weight is 328 g/mol. The smallest absolute Gasteiger partial charge is 0.259 e. The Bertz CT molecular complexity index is 739. The highest BCUT2D eigenvalue weighted by molar-refractivity contribution is 6.06. The van der Waals surface area contributed by atoms with Gasteiger partial charge in [0.05, 0.1) is 5.56 Å². The molecule has 2 N–H and O–H groups in total. The Morgan fingerprint density at radius 2 is 1.79 bits per heavy atom. The van der Waals surface area contributed by atoms with Crippen LogP contribution in [0.5, 0.6) is 11.5 Å². The molecule has 0 spiro atoms. The summed E-state index contributed by atoms with van der Waals surface area (Å²) in [4.78, 5) is 25.1. The van der Waals surface area contributed by atoms with Crippen LogP contribution in [0.2, 0.25) is 0 Å². The number of phenolic OH excluding ortho intramolecular Hbond substituents is 1. The lowest BCUT2D eigenvalue weighted by molar-refractivity contribution is -0.130. The number of nitrogens with one attached hydrogen (secondary N) is 1. The average Bonchev–Trinajstić information content (AvgIpc) is 2.55. The standard InChI is InChI=1S/C18H20N2O4/c1-12-4-9-16(21)15(10-12)18(23)19-13-5-7-14(8-6-13)24-11-17(22)20(2)3/h4-10,21H,11H2,1-3H3,(H,19,23). The zero-order chi connectivity index (χ0) is 17.7. The number of anilines is 1. The number of benzene rings is 2. The Morgan fingerprint density at radius 3 is 2.42 bits per heavy atom. The van der Waals surface area contributed by atoms with E-state index in [1.165, 1.54) is 11.0 Å². The van der Waals surface area contributed by atoms with Gasteiger partial charge in [0.15, 0.2) is 6.61 Å². The molecule has 6 nitrogen and oxygen atoms in total. The molecule has 2 rings (SSSR count). The van der Waals surface area contributed by atoms with Crippen molar-refractivity contribution >= 4 is 17.5 Å². The van der Waals surface area contributed by atoms with Gasteiger partial charge in [0.1, 0.15) is 11.5 Å². The highest BCUT2D eigenvalue weighted by atomic mass is 16.5. The van der Waals surface area contributed by atoms with E-state index in [1.807, 2.05) is 6.92 Å². The molecule has 0 unspecified atom stereocenters. The van der Waals surface area contributed by atoms with E-state index >= 15 is 0 Å². The van der Waals surface area contributed by atoms with Crippen LogP contribution in [-0.4, -0.2) is 42.5 Å². The zero-order valence-corrected chi connectivity index (χ0v) is 13.9. The molecule has 126 valence electrons. The first-order valence-electron chi connectivity index (χ1n) is 7.41. The zero-order valence-electron chi connectivity index (χ0n) is 13.9. The van der Waals surface area contributed by atoms with E-state index in [4.69, 9.17) is 4.74 Å². The Labute approximate surface area is 140 Å². The van der Waals surface area contributed by atoms with Gasteiger partial charge in [-0.25, -0.2) is 0 Å². The molecule has 0 fully saturated rings. The Hall–Kier alpha value is -3.02. The van der Waals surface area contributed by atoms with Crippen LogP contribution in [0.15, 0.2) is 42.5 Å². The normalized spacial score (nSPS) is 10.1. The number of hydrogen-bond acceptors (Lipinski definition) is 4. The van der Waals surface area contributed by atoms with Crippen LogP contribution in [0, 0.1) is 6.92 Å². The second-order valence-electron chi connectivity index (χ2n) is 5.58. The van der Waals surface area contributed by atoms with Crippen molar-refractivity contribution in [1.29, 1.82) is 0 Å². The molecule has 6 heteroatoms. The van der Waals surface area contributed by atoms with Gasteiger partial charge in [-0.3, -0.25) is 9.59 Å². The summed E-state index contributed by atoms with van der Waals surface area (Å²) in [6.07, 6.45) is 0. The lowest BCUT2D eigenvalue weighted by Gasteiger charge is -2.12. The summed E-state index contributed by atoms with van der Waals surface area (Å²) in [5.74, 6) is -0.0724. The van der Waals surface area contributed by atoms with Crippen LogP contribution in [0.3, 0.4) is 0 Å². The van der Waals surface area contributed by atoms with Crippen LogP contribution < -0.4 is 10.1 Å². The number of rotatable bonds is 5. The summed E-state index contributed by atoms with van der Waals surface area (Å²) in [6, 6.07) is 11.5. The maximum absolute atomic E-state index is 12.2. The predicted octanol–water partition coefficient (Wildman–Crippen LogP) is 2.42. The van der Waals surface area contributed by atoms with Crippen LogP contribution in [0.25, 0.3) is 0 Å². The summed E-state index contributed by atoms with van der Waals surface area (Å²) >= 11 is 0.